The van der Waals surface area contributed by atoms with Gasteiger partial charge in [-0.05, 0) is 62.8 Å². The number of hydrogen-bond acceptors (Lipinski definition) is 5. The minimum atomic E-state index is -0.465. The first-order chi connectivity index (χ1) is 16.4. The van der Waals surface area contributed by atoms with Gasteiger partial charge in [0.1, 0.15) is 5.75 Å². The first-order valence-corrected chi connectivity index (χ1v) is 12.2. The second kappa shape index (κ2) is 10.3. The molecule has 1 heterocycles. The highest BCUT2D eigenvalue weighted by Crippen LogP contribution is 2.46. The fourth-order valence-corrected chi connectivity index (χ4v) is 4.86. The van der Waals surface area contributed by atoms with Gasteiger partial charge in [0.2, 0.25) is 0 Å². The lowest BCUT2D eigenvalue weighted by atomic mass is 9.71. The molecule has 0 saturated carbocycles. The van der Waals surface area contributed by atoms with Gasteiger partial charge in [0, 0.05) is 29.3 Å². The highest BCUT2D eigenvalue weighted by atomic mass is 16.5. The highest BCUT2D eigenvalue weighted by molar-refractivity contribution is 6.04. The van der Waals surface area contributed by atoms with E-state index in [-0.39, 0.29) is 23.8 Å². The van der Waals surface area contributed by atoms with Crippen molar-refractivity contribution >= 4 is 11.8 Å². The zero-order chi connectivity index (χ0) is 24.2. The van der Waals surface area contributed by atoms with Gasteiger partial charge in [-0.25, -0.2) is 4.79 Å². The number of ketones is 1. The third-order valence-electron chi connectivity index (χ3n) is 6.73. The molecule has 0 spiro atoms. The Morgan fingerprint density at radius 2 is 1.74 bits per heavy atom. The lowest BCUT2D eigenvalue weighted by molar-refractivity contribution is -0.144. The van der Waals surface area contributed by atoms with Crippen LogP contribution >= 0.6 is 0 Å². The zero-order valence-corrected chi connectivity index (χ0v) is 20.4. The van der Waals surface area contributed by atoms with E-state index in [2.05, 4.69) is 17.4 Å². The van der Waals surface area contributed by atoms with Gasteiger partial charge in [-0.3, -0.25) is 4.79 Å². The Morgan fingerprint density at radius 3 is 2.38 bits per heavy atom. The molecule has 2 aromatic rings. The van der Waals surface area contributed by atoms with Gasteiger partial charge in [0.25, 0.3) is 0 Å². The number of dihydropyridines is 1. The summed E-state index contributed by atoms with van der Waals surface area (Å²) in [6.07, 6.45) is 1.67. The summed E-state index contributed by atoms with van der Waals surface area (Å²) >= 11 is 0. The Hall–Kier alpha value is -3.34. The van der Waals surface area contributed by atoms with E-state index in [1.54, 1.807) is 0 Å². The summed E-state index contributed by atoms with van der Waals surface area (Å²) in [5.41, 5.74) is 4.88. The molecule has 1 aliphatic carbocycles. The quantitative estimate of drug-likeness (QED) is 0.531. The molecule has 178 valence electrons. The van der Waals surface area contributed by atoms with Crippen molar-refractivity contribution < 1.29 is 19.1 Å². The second-order valence-corrected chi connectivity index (χ2v) is 9.05. The topological polar surface area (TPSA) is 64.6 Å². The van der Waals surface area contributed by atoms with Gasteiger partial charge in [-0.15, -0.1) is 0 Å². The predicted octanol–water partition coefficient (Wildman–Crippen LogP) is 5.79. The SMILES string of the molecule is CCOc1ccc([C@H]2C(C(=O)O[C@H](C)CC)=C(C)NC3=C2C(=O)C[C@H](c2ccccc2)C3)cc1. The van der Waals surface area contributed by atoms with Crippen LogP contribution in [-0.4, -0.2) is 24.5 Å². The Bertz CT molecular complexity index is 1110. The fraction of sp³-hybridized carbons (Fsp3) is 0.379. The molecule has 2 aromatic carbocycles. The lowest BCUT2D eigenvalue weighted by Gasteiger charge is -2.37. The predicted molar refractivity (Wildman–Crippen MR) is 132 cm³/mol. The van der Waals surface area contributed by atoms with Crippen molar-refractivity contribution in [2.75, 3.05) is 6.61 Å². The van der Waals surface area contributed by atoms with Crippen molar-refractivity contribution in [1.29, 1.82) is 0 Å². The molecule has 4 rings (SSSR count). The number of Topliss-reactive ketones (excluding diaryl/α,β-unsaturated/α-hetero) is 1. The molecule has 0 saturated heterocycles. The maximum atomic E-state index is 13.6. The normalized spacial score (nSPS) is 21.0. The molecule has 0 fully saturated rings. The van der Waals surface area contributed by atoms with E-state index in [1.807, 2.05) is 70.2 Å². The molecule has 3 atom stereocenters. The number of rotatable bonds is 7. The number of carbonyl (C=O) groups excluding carboxylic acids is 2. The fourth-order valence-electron chi connectivity index (χ4n) is 4.86. The largest absolute Gasteiger partial charge is 0.494 e. The molecule has 0 radical (unpaired) electrons. The third-order valence-corrected chi connectivity index (χ3v) is 6.73. The minimum Gasteiger partial charge on any atom is -0.494 e. The van der Waals surface area contributed by atoms with Crippen LogP contribution in [0.3, 0.4) is 0 Å². The van der Waals surface area contributed by atoms with Crippen molar-refractivity contribution in [2.24, 2.45) is 0 Å². The van der Waals surface area contributed by atoms with Crippen molar-refractivity contribution in [1.82, 2.24) is 5.32 Å². The van der Waals surface area contributed by atoms with Gasteiger partial charge < -0.3 is 14.8 Å². The summed E-state index contributed by atoms with van der Waals surface area (Å²) in [6.45, 7) is 8.28. The number of allylic oxidation sites excluding steroid dienone is 3. The van der Waals surface area contributed by atoms with Crippen molar-refractivity contribution in [2.45, 2.75) is 64.9 Å². The maximum Gasteiger partial charge on any atom is 0.337 e. The molecule has 0 aromatic heterocycles. The van der Waals surface area contributed by atoms with E-state index in [4.69, 9.17) is 9.47 Å². The zero-order valence-electron chi connectivity index (χ0n) is 20.4. The molecule has 34 heavy (non-hydrogen) atoms. The average molecular weight is 460 g/mol. The molecule has 2 aliphatic rings. The van der Waals surface area contributed by atoms with Gasteiger partial charge in [-0.2, -0.15) is 0 Å². The summed E-state index contributed by atoms with van der Waals surface area (Å²) in [4.78, 5) is 26.9. The Kier molecular flexibility index (Phi) is 7.20. The van der Waals surface area contributed by atoms with Crippen molar-refractivity contribution in [3.63, 3.8) is 0 Å². The van der Waals surface area contributed by atoms with Crippen LogP contribution in [0, 0.1) is 0 Å². The van der Waals surface area contributed by atoms with Crippen LogP contribution in [0.5, 0.6) is 5.75 Å². The molecule has 5 nitrogen and oxygen atoms in total. The first-order valence-electron chi connectivity index (χ1n) is 12.2. The smallest absolute Gasteiger partial charge is 0.337 e. The summed E-state index contributed by atoms with van der Waals surface area (Å²) in [7, 11) is 0. The van der Waals surface area contributed by atoms with Crippen molar-refractivity contribution in [3.05, 3.63) is 88.3 Å². The van der Waals surface area contributed by atoms with E-state index in [1.165, 1.54) is 0 Å². The van der Waals surface area contributed by atoms with E-state index in [0.29, 0.717) is 24.2 Å². The van der Waals surface area contributed by atoms with Crippen LogP contribution in [0.25, 0.3) is 0 Å². The Labute approximate surface area is 201 Å². The van der Waals surface area contributed by atoms with Crippen LogP contribution in [0.2, 0.25) is 0 Å². The second-order valence-electron chi connectivity index (χ2n) is 9.05. The molecule has 1 N–H and O–H groups in total. The summed E-state index contributed by atoms with van der Waals surface area (Å²) in [6, 6.07) is 17.9. The average Bonchev–Trinajstić information content (AvgIpc) is 2.84. The van der Waals surface area contributed by atoms with E-state index < -0.39 is 5.92 Å². The third kappa shape index (κ3) is 4.79. The van der Waals surface area contributed by atoms with Crippen LogP contribution in [0.1, 0.15) is 69.9 Å². The summed E-state index contributed by atoms with van der Waals surface area (Å²) in [5, 5.41) is 3.42. The molecular weight excluding hydrogens is 426 g/mol. The molecule has 1 aliphatic heterocycles. The summed E-state index contributed by atoms with van der Waals surface area (Å²) in [5.74, 6) is 0.110. The number of benzene rings is 2. The van der Waals surface area contributed by atoms with Crippen molar-refractivity contribution in [3.8, 4) is 5.75 Å². The van der Waals surface area contributed by atoms with E-state index in [0.717, 1.165) is 41.1 Å². The maximum absolute atomic E-state index is 13.6. The van der Waals surface area contributed by atoms with Gasteiger partial charge in [-0.1, -0.05) is 49.4 Å². The molecule has 0 unspecified atom stereocenters. The molecule has 0 bridgehead atoms. The van der Waals surface area contributed by atoms with Crippen LogP contribution in [-0.2, 0) is 14.3 Å². The molecule has 0 amide bonds. The van der Waals surface area contributed by atoms with Gasteiger partial charge in [0.15, 0.2) is 5.78 Å². The van der Waals surface area contributed by atoms with Gasteiger partial charge >= 0.3 is 5.97 Å². The standard InChI is InChI=1S/C29H33NO4/c1-5-18(3)34-29(32)26-19(4)30-24-16-22(20-10-8-7-9-11-20)17-25(31)28(24)27(26)21-12-14-23(15-13-21)33-6-2/h7-15,18,22,27,30H,5-6,16-17H2,1-4H3/t18-,22-,27+/m1/s1. The Balaban J connectivity index is 1.76. The number of hydrogen-bond donors (Lipinski definition) is 1. The number of nitrogens with one attached hydrogen (secondary N) is 1. The number of esters is 1. The lowest BCUT2D eigenvalue weighted by Crippen LogP contribution is -2.36. The monoisotopic (exact) mass is 459 g/mol. The number of carbonyl (C=O) groups is 2. The van der Waals surface area contributed by atoms with E-state index >= 15 is 0 Å². The first kappa shape index (κ1) is 23.8. The molecule has 5 heteroatoms. The van der Waals surface area contributed by atoms with E-state index in [9.17, 15) is 9.59 Å². The minimum absolute atomic E-state index is 0.0721. The van der Waals surface area contributed by atoms with Crippen LogP contribution in [0.15, 0.2) is 77.1 Å². The molecular formula is C29H33NO4. The Morgan fingerprint density at radius 1 is 1.03 bits per heavy atom. The highest BCUT2D eigenvalue weighted by Gasteiger charge is 2.41. The van der Waals surface area contributed by atoms with Gasteiger partial charge in [0.05, 0.1) is 18.3 Å². The van der Waals surface area contributed by atoms with Crippen LogP contribution < -0.4 is 10.1 Å². The summed E-state index contributed by atoms with van der Waals surface area (Å²) < 4.78 is 11.3. The van der Waals surface area contributed by atoms with Crippen LogP contribution in [0.4, 0.5) is 0 Å². The number of ether oxygens (including phenoxy) is 2.